The van der Waals surface area contributed by atoms with Crippen LogP contribution in [0.2, 0.25) is 0 Å². The van der Waals surface area contributed by atoms with Crippen molar-refractivity contribution in [3.8, 4) is 28.7 Å². The van der Waals surface area contributed by atoms with E-state index < -0.39 is 17.4 Å². The molecule has 0 amide bonds. The van der Waals surface area contributed by atoms with E-state index in [2.05, 4.69) is 15.3 Å². The molecule has 0 spiro atoms. The van der Waals surface area contributed by atoms with Crippen molar-refractivity contribution in [3.05, 3.63) is 72.2 Å². The van der Waals surface area contributed by atoms with Crippen LogP contribution in [0.5, 0.6) is 28.7 Å². The Balaban J connectivity index is 0.000000319. The van der Waals surface area contributed by atoms with Gasteiger partial charge in [0.2, 0.25) is 0 Å². The summed E-state index contributed by atoms with van der Waals surface area (Å²) in [4.78, 5) is 18.2. The van der Waals surface area contributed by atoms with Gasteiger partial charge in [0.15, 0.2) is 35.2 Å². The maximum absolute atomic E-state index is 14.3. The number of pyridine rings is 2. The van der Waals surface area contributed by atoms with Crippen LogP contribution in [-0.2, 0) is 0 Å². The van der Waals surface area contributed by atoms with Gasteiger partial charge in [0, 0.05) is 54.9 Å². The summed E-state index contributed by atoms with van der Waals surface area (Å²) in [5.74, 6) is -0.671. The average molecular weight is 513 g/mol. The average Bonchev–Trinajstić information content (AvgIpc) is 2.93. The van der Waals surface area contributed by atoms with E-state index in [9.17, 15) is 13.6 Å². The van der Waals surface area contributed by atoms with E-state index in [4.69, 9.17) is 24.1 Å². The van der Waals surface area contributed by atoms with Crippen molar-refractivity contribution in [1.82, 2.24) is 9.97 Å². The molecule has 4 aromatic rings. The van der Waals surface area contributed by atoms with Crippen molar-refractivity contribution >= 4 is 22.9 Å². The van der Waals surface area contributed by atoms with Crippen molar-refractivity contribution in [2.45, 2.75) is 0 Å². The van der Waals surface area contributed by atoms with Crippen LogP contribution in [0.4, 0.5) is 14.5 Å². The van der Waals surface area contributed by atoms with Crippen LogP contribution in [0.15, 0.2) is 55.0 Å². The van der Waals surface area contributed by atoms with Gasteiger partial charge < -0.3 is 29.4 Å². The Morgan fingerprint density at radius 1 is 0.973 bits per heavy atom. The molecule has 0 atom stereocenters. The van der Waals surface area contributed by atoms with Crippen LogP contribution in [0.3, 0.4) is 0 Å². The Labute approximate surface area is 211 Å². The smallest absolute Gasteiger partial charge is 0.198 e. The summed E-state index contributed by atoms with van der Waals surface area (Å²) < 4.78 is 49.6. The Morgan fingerprint density at radius 2 is 1.68 bits per heavy atom. The zero-order chi connectivity index (χ0) is 26.8. The molecule has 0 aliphatic carbocycles. The van der Waals surface area contributed by atoms with Gasteiger partial charge >= 0.3 is 0 Å². The van der Waals surface area contributed by atoms with Gasteiger partial charge in [0.25, 0.3) is 0 Å². The maximum atomic E-state index is 14.3. The predicted molar refractivity (Wildman–Crippen MR) is 133 cm³/mol. The molecular formula is C26H25F2N3O6. The molecule has 194 valence electrons. The summed E-state index contributed by atoms with van der Waals surface area (Å²) >= 11 is 0. The normalized spacial score (nSPS) is 10.2. The van der Waals surface area contributed by atoms with E-state index in [1.165, 1.54) is 32.7 Å². The maximum Gasteiger partial charge on any atom is 0.198 e. The summed E-state index contributed by atoms with van der Waals surface area (Å²) in [6, 6.07) is 8.62. The highest BCUT2D eigenvalue weighted by Gasteiger charge is 2.17. The van der Waals surface area contributed by atoms with E-state index in [0.717, 1.165) is 12.1 Å². The number of aromatic nitrogens is 2. The molecule has 2 aromatic heterocycles. The molecule has 2 heterocycles. The summed E-state index contributed by atoms with van der Waals surface area (Å²) in [6.07, 6.45) is 5.21. The molecule has 4 rings (SSSR count). The summed E-state index contributed by atoms with van der Waals surface area (Å²) in [6.45, 7) is -0.112. The molecule has 0 saturated carbocycles. The standard InChI is InChI=1S/C19H18F2N2O4.C7H7NO2/c1-22-11-7-13(20)19(14(21)8-11)27-16-3-4-23-15-10-17(25-2)18(9-12(15)16)26-6-5-24;1-10-7-2-3-8-4-6(7)5-9/h3-4,7-10,22,24H,5-6H2,1-2H3;2-5H,1H3. The molecule has 37 heavy (non-hydrogen) atoms. The number of aliphatic hydroxyl groups excluding tert-OH is 1. The number of nitrogens with zero attached hydrogens (tertiary/aromatic N) is 2. The summed E-state index contributed by atoms with van der Waals surface area (Å²) in [7, 11) is 4.55. The third-order valence-electron chi connectivity index (χ3n) is 4.99. The quantitative estimate of drug-likeness (QED) is 0.309. The lowest BCUT2D eigenvalue weighted by Gasteiger charge is -2.14. The number of anilines is 1. The van der Waals surface area contributed by atoms with Gasteiger partial charge in [-0.1, -0.05) is 0 Å². The highest BCUT2D eigenvalue weighted by Crippen LogP contribution is 2.38. The van der Waals surface area contributed by atoms with E-state index in [-0.39, 0.29) is 19.0 Å². The SMILES string of the molecule is CNc1cc(F)c(Oc2ccnc3cc(OC)c(OCCO)cc23)c(F)c1.COc1ccncc1C=O. The monoisotopic (exact) mass is 513 g/mol. The lowest BCUT2D eigenvalue weighted by atomic mass is 10.1. The number of benzene rings is 2. The number of hydrogen-bond donors (Lipinski definition) is 2. The van der Waals surface area contributed by atoms with Crippen molar-refractivity contribution in [2.24, 2.45) is 0 Å². The molecule has 11 heteroatoms. The minimum absolute atomic E-state index is 0.0626. The van der Waals surface area contributed by atoms with Gasteiger partial charge in [-0.05, 0) is 18.2 Å². The Morgan fingerprint density at radius 3 is 2.27 bits per heavy atom. The lowest BCUT2D eigenvalue weighted by molar-refractivity contribution is 0.112. The number of fused-ring (bicyclic) bond motifs is 1. The van der Waals surface area contributed by atoms with Crippen LogP contribution in [0.1, 0.15) is 10.4 Å². The van der Waals surface area contributed by atoms with E-state index in [1.807, 2.05) is 0 Å². The number of carbonyl (C=O) groups excluding carboxylic acids is 1. The molecule has 9 nitrogen and oxygen atoms in total. The second-order valence-corrected chi connectivity index (χ2v) is 7.26. The fourth-order valence-electron chi connectivity index (χ4n) is 3.23. The van der Waals surface area contributed by atoms with Gasteiger partial charge in [-0.3, -0.25) is 14.8 Å². The first-order valence-electron chi connectivity index (χ1n) is 10.9. The summed E-state index contributed by atoms with van der Waals surface area (Å²) in [5, 5.41) is 12.1. The largest absolute Gasteiger partial charge is 0.496 e. The minimum atomic E-state index is -0.838. The number of aldehydes is 1. The first kappa shape index (κ1) is 27.1. The molecule has 0 bridgehead atoms. The van der Waals surface area contributed by atoms with Crippen LogP contribution in [0, 0.1) is 11.6 Å². The zero-order valence-corrected chi connectivity index (χ0v) is 20.3. The van der Waals surface area contributed by atoms with Gasteiger partial charge in [-0.15, -0.1) is 0 Å². The minimum Gasteiger partial charge on any atom is -0.496 e. The lowest BCUT2D eigenvalue weighted by Crippen LogP contribution is -2.03. The highest BCUT2D eigenvalue weighted by atomic mass is 19.1. The van der Waals surface area contributed by atoms with Crippen LogP contribution in [0.25, 0.3) is 10.9 Å². The Hall–Kier alpha value is -4.51. The molecule has 0 aliphatic heterocycles. The number of carbonyl (C=O) groups is 1. The summed E-state index contributed by atoms with van der Waals surface area (Å²) in [5.41, 5.74) is 1.26. The van der Waals surface area contributed by atoms with E-state index in [0.29, 0.717) is 45.7 Å². The highest BCUT2D eigenvalue weighted by molar-refractivity contribution is 5.88. The number of ether oxygens (including phenoxy) is 4. The number of nitrogens with one attached hydrogen (secondary N) is 1. The first-order valence-corrected chi connectivity index (χ1v) is 10.9. The Bertz CT molecular complexity index is 1350. The van der Waals surface area contributed by atoms with Crippen LogP contribution < -0.4 is 24.3 Å². The molecule has 0 unspecified atom stereocenters. The van der Waals surface area contributed by atoms with Crippen molar-refractivity contribution in [2.75, 3.05) is 39.8 Å². The number of hydrogen-bond acceptors (Lipinski definition) is 9. The Kier molecular flexibility index (Phi) is 9.50. The third-order valence-corrected chi connectivity index (χ3v) is 4.99. The third kappa shape index (κ3) is 6.58. The zero-order valence-electron chi connectivity index (χ0n) is 20.3. The van der Waals surface area contributed by atoms with E-state index in [1.54, 1.807) is 31.4 Å². The second-order valence-electron chi connectivity index (χ2n) is 7.26. The fraction of sp³-hybridized carbons (Fsp3) is 0.192. The first-order chi connectivity index (χ1) is 17.9. The van der Waals surface area contributed by atoms with Crippen molar-refractivity contribution in [1.29, 1.82) is 0 Å². The van der Waals surface area contributed by atoms with Gasteiger partial charge in [-0.25, -0.2) is 8.78 Å². The molecule has 0 aliphatic rings. The molecule has 2 aromatic carbocycles. The fourth-order valence-corrected chi connectivity index (χ4v) is 3.23. The molecule has 0 radical (unpaired) electrons. The molecule has 0 saturated heterocycles. The molecule has 0 fully saturated rings. The number of halogens is 2. The van der Waals surface area contributed by atoms with Crippen LogP contribution in [-0.4, -0.2) is 55.8 Å². The predicted octanol–water partition coefficient (Wildman–Crippen LogP) is 4.63. The van der Waals surface area contributed by atoms with E-state index >= 15 is 0 Å². The van der Waals surface area contributed by atoms with Crippen molar-refractivity contribution in [3.63, 3.8) is 0 Å². The van der Waals surface area contributed by atoms with Gasteiger partial charge in [0.05, 0.1) is 31.9 Å². The van der Waals surface area contributed by atoms with Gasteiger partial charge in [0.1, 0.15) is 18.1 Å². The van der Waals surface area contributed by atoms with Crippen molar-refractivity contribution < 1.29 is 37.6 Å². The second kappa shape index (κ2) is 13.0. The van der Waals surface area contributed by atoms with Crippen LogP contribution >= 0.6 is 0 Å². The van der Waals surface area contributed by atoms with Gasteiger partial charge in [-0.2, -0.15) is 0 Å². The topological polar surface area (TPSA) is 112 Å². The molecule has 2 N–H and O–H groups in total. The molecular weight excluding hydrogens is 488 g/mol. The number of aliphatic hydroxyl groups is 1. The number of methoxy groups -OCH3 is 2. The number of rotatable bonds is 9.